The number of carbonyl (C=O) groups is 2. The number of rotatable bonds is 11. The maximum atomic E-state index is 13.4. The number of allylic oxidation sites excluding steroid dienone is 3. The first kappa shape index (κ1) is 25.5. The number of hydrogen-bond donors (Lipinski definition) is 3. The fraction of sp³-hybridized carbons (Fsp3) is 0.231. The van der Waals surface area contributed by atoms with Crippen LogP contribution >= 0.6 is 0 Å². The highest BCUT2D eigenvalue weighted by molar-refractivity contribution is 5.90. The Morgan fingerprint density at radius 2 is 1.85 bits per heavy atom. The van der Waals surface area contributed by atoms with Gasteiger partial charge in [0.15, 0.2) is 0 Å². The van der Waals surface area contributed by atoms with Gasteiger partial charge in [-0.3, -0.25) is 4.79 Å². The van der Waals surface area contributed by atoms with Gasteiger partial charge in [0.05, 0.1) is 0 Å². The minimum atomic E-state index is -0.526. The summed E-state index contributed by atoms with van der Waals surface area (Å²) in [5, 5.41) is 8.25. The van der Waals surface area contributed by atoms with Crippen LogP contribution in [0.25, 0.3) is 0 Å². The van der Waals surface area contributed by atoms with Crippen molar-refractivity contribution in [2.75, 3.05) is 32.5 Å². The Kier molecular flexibility index (Phi) is 10.6. The average molecular weight is 451 g/mol. The highest BCUT2D eigenvalue weighted by atomic mass is 19.1. The fourth-order valence-corrected chi connectivity index (χ4v) is 3.15. The van der Waals surface area contributed by atoms with Crippen LogP contribution in [0.2, 0.25) is 0 Å². The molecule has 0 fully saturated rings. The molecule has 2 rings (SSSR count). The molecule has 0 aliphatic rings. The van der Waals surface area contributed by atoms with Crippen molar-refractivity contribution in [3.63, 3.8) is 0 Å². The topological polar surface area (TPSA) is 73.5 Å². The molecule has 2 aromatic rings. The predicted molar refractivity (Wildman–Crippen MR) is 131 cm³/mol. The van der Waals surface area contributed by atoms with E-state index in [1.54, 1.807) is 24.3 Å². The number of nitrogens with one attached hydrogen (secondary N) is 3. The van der Waals surface area contributed by atoms with E-state index < -0.39 is 11.8 Å². The molecule has 7 heteroatoms. The van der Waals surface area contributed by atoms with Crippen molar-refractivity contribution in [1.29, 1.82) is 0 Å². The van der Waals surface area contributed by atoms with E-state index in [-0.39, 0.29) is 12.3 Å². The second kappa shape index (κ2) is 13.6. The molecule has 6 nitrogen and oxygen atoms in total. The van der Waals surface area contributed by atoms with Gasteiger partial charge in [-0.25, -0.2) is 9.18 Å². The first-order valence-electron chi connectivity index (χ1n) is 10.7. The third-order valence-corrected chi connectivity index (χ3v) is 4.48. The highest BCUT2D eigenvalue weighted by Gasteiger charge is 2.10. The molecule has 3 amide bonds. The van der Waals surface area contributed by atoms with Gasteiger partial charge in [-0.1, -0.05) is 49.1 Å². The first-order chi connectivity index (χ1) is 15.9. The predicted octanol–water partition coefficient (Wildman–Crippen LogP) is 4.25. The zero-order chi connectivity index (χ0) is 24.1. The summed E-state index contributed by atoms with van der Waals surface area (Å²) in [4.78, 5) is 26.8. The third-order valence-electron chi connectivity index (χ3n) is 4.48. The van der Waals surface area contributed by atoms with Crippen molar-refractivity contribution in [1.82, 2.24) is 15.5 Å². The Morgan fingerprint density at radius 3 is 2.52 bits per heavy atom. The first-order valence-corrected chi connectivity index (χ1v) is 10.7. The maximum absolute atomic E-state index is 13.4. The number of hydrogen-bond acceptors (Lipinski definition) is 3. The number of carbonyl (C=O) groups excluding carboxylic acids is 2. The molecule has 0 radical (unpaired) electrons. The van der Waals surface area contributed by atoms with Crippen LogP contribution in [0.3, 0.4) is 0 Å². The number of amides is 3. The van der Waals surface area contributed by atoms with Crippen LogP contribution in [0.1, 0.15) is 12.0 Å². The molecule has 33 heavy (non-hydrogen) atoms. The standard InChI is InChI=1S/C26H31FN4O2/c1-4-9-23(29-26(33)30-24-13-8-12-22(27)18-24)16-21(19-31(2)3)17-25(32)28-15-14-20-10-6-5-7-11-20/h4-13,16,18H,1,14-15,17,19H2,2-3H3,(H,28,32)(H2,29,30,33)/b21-16-,23-9+. The smallest absolute Gasteiger partial charge is 0.323 e. The quantitative estimate of drug-likeness (QED) is 0.448. The molecule has 0 aromatic heterocycles. The zero-order valence-electron chi connectivity index (χ0n) is 19.1. The lowest BCUT2D eigenvalue weighted by Gasteiger charge is -2.15. The van der Waals surface area contributed by atoms with Crippen molar-refractivity contribution in [2.45, 2.75) is 12.8 Å². The molecule has 2 aromatic carbocycles. The number of urea groups is 1. The molecule has 0 saturated heterocycles. The van der Waals surface area contributed by atoms with E-state index in [0.29, 0.717) is 24.5 Å². The fourth-order valence-electron chi connectivity index (χ4n) is 3.15. The molecule has 0 unspecified atom stereocenters. The molecule has 0 saturated carbocycles. The van der Waals surface area contributed by atoms with E-state index in [1.165, 1.54) is 18.2 Å². The average Bonchev–Trinajstić information content (AvgIpc) is 2.74. The second-order valence-corrected chi connectivity index (χ2v) is 7.75. The molecular weight excluding hydrogens is 419 g/mol. The Bertz CT molecular complexity index is 1000. The maximum Gasteiger partial charge on any atom is 0.323 e. The Balaban J connectivity index is 2.00. The molecular formula is C26H31FN4O2. The lowest BCUT2D eigenvalue weighted by atomic mass is 10.1. The largest absolute Gasteiger partial charge is 0.355 e. The van der Waals surface area contributed by atoms with Crippen LogP contribution in [0, 0.1) is 5.82 Å². The van der Waals surface area contributed by atoms with Crippen LogP contribution in [0.4, 0.5) is 14.9 Å². The summed E-state index contributed by atoms with van der Waals surface area (Å²) in [5.74, 6) is -0.540. The molecule has 0 aliphatic heterocycles. The molecule has 0 spiro atoms. The van der Waals surface area contributed by atoms with Gasteiger partial charge in [0.1, 0.15) is 5.82 Å². The minimum absolute atomic E-state index is 0.0961. The molecule has 0 bridgehead atoms. The number of nitrogens with zero attached hydrogens (tertiary/aromatic N) is 1. The van der Waals surface area contributed by atoms with Crippen LogP contribution in [-0.2, 0) is 11.2 Å². The van der Waals surface area contributed by atoms with E-state index in [4.69, 9.17) is 0 Å². The Labute approximate surface area is 194 Å². The van der Waals surface area contributed by atoms with E-state index in [9.17, 15) is 14.0 Å². The van der Waals surface area contributed by atoms with E-state index in [2.05, 4.69) is 22.5 Å². The van der Waals surface area contributed by atoms with Crippen molar-refractivity contribution >= 4 is 17.6 Å². The van der Waals surface area contributed by atoms with Crippen molar-refractivity contribution in [3.05, 3.63) is 102 Å². The molecule has 0 heterocycles. The Morgan fingerprint density at radius 1 is 1.09 bits per heavy atom. The van der Waals surface area contributed by atoms with Gasteiger partial charge in [0.25, 0.3) is 0 Å². The van der Waals surface area contributed by atoms with E-state index in [0.717, 1.165) is 17.6 Å². The summed E-state index contributed by atoms with van der Waals surface area (Å²) >= 11 is 0. The highest BCUT2D eigenvalue weighted by Crippen LogP contribution is 2.11. The zero-order valence-corrected chi connectivity index (χ0v) is 19.1. The second-order valence-electron chi connectivity index (χ2n) is 7.75. The summed E-state index contributed by atoms with van der Waals surface area (Å²) in [6, 6.07) is 15.1. The SMILES string of the molecule is C=C/C=C(\C=C(\CC(=O)NCCc1ccccc1)CN(C)C)NC(=O)Nc1cccc(F)c1. The van der Waals surface area contributed by atoms with Crippen LogP contribution in [0.15, 0.2) is 90.7 Å². The van der Waals surface area contributed by atoms with Gasteiger partial charge >= 0.3 is 6.03 Å². The van der Waals surface area contributed by atoms with Crippen molar-refractivity contribution in [3.8, 4) is 0 Å². The van der Waals surface area contributed by atoms with Crippen molar-refractivity contribution in [2.24, 2.45) is 0 Å². The van der Waals surface area contributed by atoms with Gasteiger partial charge in [-0.05, 0) is 62.0 Å². The van der Waals surface area contributed by atoms with Crippen molar-refractivity contribution < 1.29 is 14.0 Å². The van der Waals surface area contributed by atoms with Gasteiger partial charge in [0.2, 0.25) is 5.91 Å². The van der Waals surface area contributed by atoms with Gasteiger partial charge in [-0.2, -0.15) is 0 Å². The summed E-state index contributed by atoms with van der Waals surface area (Å²) in [5.41, 5.74) is 2.77. The normalized spacial score (nSPS) is 11.8. The number of halogens is 1. The summed E-state index contributed by atoms with van der Waals surface area (Å²) < 4.78 is 13.4. The monoisotopic (exact) mass is 450 g/mol. The molecule has 3 N–H and O–H groups in total. The number of benzene rings is 2. The summed E-state index contributed by atoms with van der Waals surface area (Å²) in [6.07, 6.45) is 5.87. The molecule has 174 valence electrons. The number of likely N-dealkylation sites (N-methyl/N-ethyl adjacent to an activating group) is 1. The minimum Gasteiger partial charge on any atom is -0.355 e. The Hall–Kier alpha value is -3.71. The van der Waals surface area contributed by atoms with Crippen LogP contribution in [0.5, 0.6) is 0 Å². The van der Waals surface area contributed by atoms with Crippen LogP contribution in [-0.4, -0.2) is 44.0 Å². The van der Waals surface area contributed by atoms with Crippen LogP contribution < -0.4 is 16.0 Å². The lowest BCUT2D eigenvalue weighted by molar-refractivity contribution is -0.120. The molecule has 0 aliphatic carbocycles. The third kappa shape index (κ3) is 10.4. The summed E-state index contributed by atoms with van der Waals surface area (Å²) in [7, 11) is 3.81. The van der Waals surface area contributed by atoms with E-state index >= 15 is 0 Å². The molecule has 0 atom stereocenters. The summed E-state index contributed by atoms with van der Waals surface area (Å²) in [6.45, 7) is 4.76. The van der Waals surface area contributed by atoms with Gasteiger partial charge < -0.3 is 20.9 Å². The van der Waals surface area contributed by atoms with Gasteiger partial charge in [0, 0.05) is 30.9 Å². The van der Waals surface area contributed by atoms with Gasteiger partial charge in [-0.15, -0.1) is 0 Å². The lowest BCUT2D eigenvalue weighted by Crippen LogP contribution is -2.29. The van der Waals surface area contributed by atoms with E-state index in [1.807, 2.05) is 49.3 Å². The number of anilines is 1.